The molecule has 2 amide bonds. The van der Waals surface area contributed by atoms with Gasteiger partial charge < -0.3 is 10.6 Å². The Labute approximate surface area is 132 Å². The second-order valence-corrected chi connectivity index (χ2v) is 4.74. The van der Waals surface area contributed by atoms with Gasteiger partial charge >= 0.3 is 0 Å². The lowest BCUT2D eigenvalue weighted by Crippen LogP contribution is -2.30. The smallest absolute Gasteiger partial charge is 0.292 e. The molecule has 2 rings (SSSR count). The number of nitrogens with one attached hydrogen (secondary N) is 2. The molecule has 9 heteroatoms. The van der Waals surface area contributed by atoms with Gasteiger partial charge in [-0.05, 0) is 30.7 Å². The first-order valence-corrected chi connectivity index (χ1v) is 7.01. The maximum atomic E-state index is 11.9. The minimum absolute atomic E-state index is 0.0402. The van der Waals surface area contributed by atoms with E-state index in [4.69, 9.17) is 0 Å². The van der Waals surface area contributed by atoms with Gasteiger partial charge in [0.2, 0.25) is 5.91 Å². The van der Waals surface area contributed by atoms with Crippen molar-refractivity contribution in [2.75, 3.05) is 13.1 Å². The highest BCUT2D eigenvalue weighted by atomic mass is 16.2. The molecule has 2 heterocycles. The SMILES string of the molecule is C=C(C)C(=O)NCCCNC(=O)c1nnn(-c2ccccn2)n1. The molecule has 0 aliphatic carbocycles. The fraction of sp³-hybridized carbons (Fsp3) is 0.286. The minimum atomic E-state index is -0.432. The van der Waals surface area contributed by atoms with E-state index in [0.29, 0.717) is 30.9 Å². The van der Waals surface area contributed by atoms with Crippen LogP contribution in [0.2, 0.25) is 0 Å². The molecule has 0 unspecified atom stereocenters. The lowest BCUT2D eigenvalue weighted by Gasteiger charge is -2.05. The molecule has 0 aromatic carbocycles. The van der Waals surface area contributed by atoms with E-state index in [1.807, 2.05) is 0 Å². The zero-order chi connectivity index (χ0) is 16.7. The maximum absolute atomic E-state index is 11.9. The molecular weight excluding hydrogens is 298 g/mol. The van der Waals surface area contributed by atoms with Gasteiger partial charge in [-0.2, -0.15) is 0 Å². The van der Waals surface area contributed by atoms with Gasteiger partial charge in [-0.15, -0.1) is 15.0 Å². The van der Waals surface area contributed by atoms with Crippen molar-refractivity contribution in [2.45, 2.75) is 13.3 Å². The Hall–Kier alpha value is -3.10. The van der Waals surface area contributed by atoms with E-state index in [1.54, 1.807) is 31.3 Å². The van der Waals surface area contributed by atoms with Crippen LogP contribution in [0.5, 0.6) is 0 Å². The van der Waals surface area contributed by atoms with E-state index in [1.165, 1.54) is 4.80 Å². The maximum Gasteiger partial charge on any atom is 0.292 e. The van der Waals surface area contributed by atoms with Crippen LogP contribution >= 0.6 is 0 Å². The number of carbonyl (C=O) groups is 2. The molecule has 2 N–H and O–H groups in total. The lowest BCUT2D eigenvalue weighted by atomic mass is 10.3. The summed E-state index contributed by atoms with van der Waals surface area (Å²) in [4.78, 5) is 28.4. The Morgan fingerprint density at radius 2 is 2.04 bits per heavy atom. The third-order valence-electron chi connectivity index (χ3n) is 2.78. The Morgan fingerprint density at radius 3 is 2.74 bits per heavy atom. The van der Waals surface area contributed by atoms with E-state index in [0.717, 1.165) is 0 Å². The highest BCUT2D eigenvalue weighted by molar-refractivity contribution is 5.92. The molecule has 0 aliphatic heterocycles. The summed E-state index contributed by atoms with van der Waals surface area (Å²) < 4.78 is 0. The summed E-state index contributed by atoms with van der Waals surface area (Å²) in [7, 11) is 0. The number of tetrazole rings is 1. The van der Waals surface area contributed by atoms with Gasteiger partial charge in [0, 0.05) is 24.9 Å². The predicted molar refractivity (Wildman–Crippen MR) is 81.7 cm³/mol. The number of nitrogens with zero attached hydrogens (tertiary/aromatic N) is 5. The van der Waals surface area contributed by atoms with Crippen LogP contribution in [0.15, 0.2) is 36.5 Å². The average Bonchev–Trinajstić information content (AvgIpc) is 3.05. The zero-order valence-electron chi connectivity index (χ0n) is 12.7. The number of amides is 2. The van der Waals surface area contributed by atoms with Crippen LogP contribution in [0.25, 0.3) is 5.82 Å². The predicted octanol–water partition coefficient (Wildman–Crippen LogP) is -0.130. The van der Waals surface area contributed by atoms with Crippen molar-refractivity contribution in [3.05, 3.63) is 42.4 Å². The fourth-order valence-electron chi connectivity index (χ4n) is 1.60. The van der Waals surface area contributed by atoms with Gasteiger partial charge in [-0.1, -0.05) is 12.6 Å². The second-order valence-electron chi connectivity index (χ2n) is 4.74. The van der Waals surface area contributed by atoms with Crippen LogP contribution < -0.4 is 10.6 Å². The van der Waals surface area contributed by atoms with Crippen molar-refractivity contribution in [3.8, 4) is 5.82 Å². The van der Waals surface area contributed by atoms with E-state index >= 15 is 0 Å². The van der Waals surface area contributed by atoms with Crippen molar-refractivity contribution in [1.82, 2.24) is 35.8 Å². The second kappa shape index (κ2) is 7.78. The zero-order valence-corrected chi connectivity index (χ0v) is 12.7. The number of aromatic nitrogens is 5. The molecule has 120 valence electrons. The number of pyridine rings is 1. The van der Waals surface area contributed by atoms with Gasteiger partial charge in [0.25, 0.3) is 11.7 Å². The van der Waals surface area contributed by atoms with Crippen LogP contribution in [0.4, 0.5) is 0 Å². The van der Waals surface area contributed by atoms with Gasteiger partial charge in [0.15, 0.2) is 5.82 Å². The molecule has 0 spiro atoms. The van der Waals surface area contributed by atoms with Crippen LogP contribution in [0, 0.1) is 0 Å². The van der Waals surface area contributed by atoms with Gasteiger partial charge in [0.05, 0.1) is 0 Å². The molecule has 0 aliphatic rings. The standard InChI is InChI=1S/C14H17N7O2/c1-10(2)13(22)16-8-5-9-17-14(23)12-18-20-21(19-12)11-6-3-4-7-15-11/h3-4,6-7H,1,5,8-9H2,2H3,(H,16,22)(H,17,23). The van der Waals surface area contributed by atoms with Crippen molar-refractivity contribution in [3.63, 3.8) is 0 Å². The van der Waals surface area contributed by atoms with Crippen LogP contribution in [0.1, 0.15) is 24.0 Å². The summed E-state index contributed by atoms with van der Waals surface area (Å²) in [6.07, 6.45) is 2.18. The molecule has 23 heavy (non-hydrogen) atoms. The highest BCUT2D eigenvalue weighted by Gasteiger charge is 2.13. The Morgan fingerprint density at radius 1 is 1.26 bits per heavy atom. The quantitative estimate of drug-likeness (QED) is 0.543. The largest absolute Gasteiger partial charge is 0.352 e. The number of carbonyl (C=O) groups excluding carboxylic acids is 2. The van der Waals surface area contributed by atoms with Crippen LogP contribution in [-0.2, 0) is 4.79 Å². The number of rotatable bonds is 7. The van der Waals surface area contributed by atoms with E-state index in [9.17, 15) is 9.59 Å². The van der Waals surface area contributed by atoms with Crippen molar-refractivity contribution in [2.24, 2.45) is 0 Å². The minimum Gasteiger partial charge on any atom is -0.352 e. The molecule has 0 saturated carbocycles. The molecular formula is C14H17N7O2. The average molecular weight is 315 g/mol. The first kappa shape index (κ1) is 16.3. The Bertz CT molecular complexity index is 696. The fourth-order valence-corrected chi connectivity index (χ4v) is 1.60. The Balaban J connectivity index is 1.77. The third kappa shape index (κ3) is 4.70. The molecule has 0 radical (unpaired) electrons. The van der Waals surface area contributed by atoms with Gasteiger partial charge in [0.1, 0.15) is 0 Å². The highest BCUT2D eigenvalue weighted by Crippen LogP contribution is 1.98. The summed E-state index contributed by atoms with van der Waals surface area (Å²) in [5, 5.41) is 16.8. The summed E-state index contributed by atoms with van der Waals surface area (Å²) >= 11 is 0. The summed E-state index contributed by atoms with van der Waals surface area (Å²) in [5.74, 6) is -0.196. The summed E-state index contributed by atoms with van der Waals surface area (Å²) in [6.45, 7) is 6.00. The number of hydrogen-bond acceptors (Lipinski definition) is 6. The van der Waals surface area contributed by atoms with Gasteiger partial charge in [-0.25, -0.2) is 4.98 Å². The number of hydrogen-bond donors (Lipinski definition) is 2. The topological polar surface area (TPSA) is 115 Å². The molecule has 0 bridgehead atoms. The first-order valence-electron chi connectivity index (χ1n) is 7.01. The summed E-state index contributed by atoms with van der Waals surface area (Å²) in [6, 6.07) is 5.25. The van der Waals surface area contributed by atoms with E-state index in [-0.39, 0.29) is 11.7 Å². The molecule has 2 aromatic heterocycles. The van der Waals surface area contributed by atoms with Crippen LogP contribution in [0.3, 0.4) is 0 Å². The third-order valence-corrected chi connectivity index (χ3v) is 2.78. The van der Waals surface area contributed by atoms with Gasteiger partial charge in [-0.3, -0.25) is 9.59 Å². The molecule has 0 saturated heterocycles. The molecule has 2 aromatic rings. The normalized spacial score (nSPS) is 10.1. The monoisotopic (exact) mass is 315 g/mol. The molecule has 0 atom stereocenters. The van der Waals surface area contributed by atoms with E-state index < -0.39 is 5.91 Å². The van der Waals surface area contributed by atoms with Crippen molar-refractivity contribution in [1.29, 1.82) is 0 Å². The first-order chi connectivity index (χ1) is 11.1. The van der Waals surface area contributed by atoms with Crippen molar-refractivity contribution < 1.29 is 9.59 Å². The molecule has 9 nitrogen and oxygen atoms in total. The Kier molecular flexibility index (Phi) is 5.50. The molecule has 0 fully saturated rings. The van der Waals surface area contributed by atoms with E-state index in [2.05, 4.69) is 37.6 Å². The van der Waals surface area contributed by atoms with Crippen LogP contribution in [-0.4, -0.2) is 50.1 Å². The lowest BCUT2D eigenvalue weighted by molar-refractivity contribution is -0.117. The summed E-state index contributed by atoms with van der Waals surface area (Å²) in [5.41, 5.74) is 0.448. The van der Waals surface area contributed by atoms with Crippen molar-refractivity contribution >= 4 is 11.8 Å².